The second-order valence-electron chi connectivity index (χ2n) is 5.74. The Morgan fingerprint density at radius 3 is 2.46 bits per heavy atom. The third kappa shape index (κ3) is 2.81. The van der Waals surface area contributed by atoms with Crippen LogP contribution in [0, 0.1) is 6.92 Å². The van der Waals surface area contributed by atoms with Crippen molar-refractivity contribution >= 4 is 5.97 Å². The molecule has 0 amide bonds. The predicted molar refractivity (Wildman–Crippen MR) is 90.8 cm³/mol. The summed E-state index contributed by atoms with van der Waals surface area (Å²) in [5, 5.41) is 20.3. The lowest BCUT2D eigenvalue weighted by Crippen LogP contribution is -2.10. The minimum atomic E-state index is -1.01. The fourth-order valence-electron chi connectivity index (χ4n) is 2.83. The maximum Gasteiger partial charge on any atom is 0.335 e. The van der Waals surface area contributed by atoms with E-state index in [1.54, 1.807) is 37.1 Å². The molecule has 3 rings (SSSR count). The van der Waals surface area contributed by atoms with Crippen LogP contribution in [-0.2, 0) is 7.05 Å². The number of nitrogens with zero attached hydrogens (tertiary/aromatic N) is 2. The first-order chi connectivity index (χ1) is 11.5. The van der Waals surface area contributed by atoms with E-state index in [1.807, 2.05) is 36.4 Å². The first kappa shape index (κ1) is 16.0. The molecule has 5 heteroatoms. The summed E-state index contributed by atoms with van der Waals surface area (Å²) in [6.07, 6.45) is 2.24. The van der Waals surface area contributed by atoms with Crippen LogP contribution in [0.2, 0.25) is 0 Å². The minimum Gasteiger partial charge on any atom is -0.478 e. The van der Waals surface area contributed by atoms with Crippen molar-refractivity contribution in [1.82, 2.24) is 9.55 Å². The van der Waals surface area contributed by atoms with Crippen molar-refractivity contribution < 1.29 is 15.0 Å². The lowest BCUT2D eigenvalue weighted by atomic mass is 9.91. The summed E-state index contributed by atoms with van der Waals surface area (Å²) in [6, 6.07) is 13.0. The molecule has 0 aliphatic rings. The summed E-state index contributed by atoms with van der Waals surface area (Å²) in [6.45, 7) is 1.72. The average molecular weight is 322 g/mol. The highest BCUT2D eigenvalue weighted by atomic mass is 16.4. The van der Waals surface area contributed by atoms with Crippen LogP contribution in [0.25, 0.3) is 11.1 Å². The van der Waals surface area contributed by atoms with E-state index < -0.39 is 12.1 Å². The van der Waals surface area contributed by atoms with Crippen LogP contribution in [0.15, 0.2) is 55.0 Å². The summed E-state index contributed by atoms with van der Waals surface area (Å²) >= 11 is 0. The molecule has 1 aromatic heterocycles. The quantitative estimate of drug-likeness (QED) is 0.773. The van der Waals surface area contributed by atoms with E-state index in [2.05, 4.69) is 4.98 Å². The van der Waals surface area contributed by atoms with E-state index in [9.17, 15) is 15.0 Å². The van der Waals surface area contributed by atoms with Crippen molar-refractivity contribution in [2.45, 2.75) is 13.0 Å². The lowest BCUT2D eigenvalue weighted by Gasteiger charge is -2.18. The first-order valence-electron chi connectivity index (χ1n) is 7.56. The van der Waals surface area contributed by atoms with Crippen molar-refractivity contribution in [3.8, 4) is 11.1 Å². The zero-order chi connectivity index (χ0) is 17.3. The molecule has 5 nitrogen and oxygen atoms in total. The number of benzene rings is 2. The fourth-order valence-corrected chi connectivity index (χ4v) is 2.83. The monoisotopic (exact) mass is 322 g/mol. The van der Waals surface area contributed by atoms with Crippen LogP contribution in [0.5, 0.6) is 0 Å². The molecule has 0 saturated carbocycles. The number of carboxylic acid groups (broad SMARTS) is 1. The van der Waals surface area contributed by atoms with Crippen molar-refractivity contribution in [1.29, 1.82) is 0 Å². The third-order valence-corrected chi connectivity index (χ3v) is 4.21. The van der Waals surface area contributed by atoms with Gasteiger partial charge < -0.3 is 14.8 Å². The number of rotatable bonds is 4. The Kier molecular flexibility index (Phi) is 4.18. The predicted octanol–water partition coefficient (Wildman–Crippen LogP) is 3.18. The number of imidazole rings is 1. The molecular formula is C19H18N2O3. The molecule has 0 fully saturated rings. The number of aryl methyl sites for hydroxylation is 1. The van der Waals surface area contributed by atoms with E-state index in [4.69, 9.17) is 0 Å². The molecule has 3 aromatic rings. The lowest BCUT2D eigenvalue weighted by molar-refractivity contribution is 0.0696. The van der Waals surface area contributed by atoms with Crippen LogP contribution in [0.3, 0.4) is 0 Å². The van der Waals surface area contributed by atoms with E-state index >= 15 is 0 Å². The number of hydrogen-bond acceptors (Lipinski definition) is 3. The Bertz CT molecular complexity index is 885. The number of aromatic nitrogens is 2. The van der Waals surface area contributed by atoms with E-state index in [0.717, 1.165) is 11.1 Å². The van der Waals surface area contributed by atoms with Crippen LogP contribution in [-0.4, -0.2) is 25.7 Å². The zero-order valence-corrected chi connectivity index (χ0v) is 13.5. The molecule has 0 aliphatic heterocycles. The van der Waals surface area contributed by atoms with Crippen molar-refractivity contribution in [3.05, 3.63) is 77.4 Å². The Morgan fingerprint density at radius 1 is 1.17 bits per heavy atom. The van der Waals surface area contributed by atoms with Crippen LogP contribution in [0.4, 0.5) is 0 Å². The number of aliphatic hydroxyl groups excluding tert-OH is 1. The van der Waals surface area contributed by atoms with Crippen LogP contribution < -0.4 is 0 Å². The van der Waals surface area contributed by atoms with Crippen molar-refractivity contribution in [2.24, 2.45) is 7.05 Å². The van der Waals surface area contributed by atoms with Gasteiger partial charge in [-0.2, -0.15) is 0 Å². The van der Waals surface area contributed by atoms with Gasteiger partial charge in [0.15, 0.2) is 0 Å². The maximum absolute atomic E-state index is 11.6. The molecule has 0 radical (unpaired) electrons. The number of carboxylic acids is 1. The van der Waals surface area contributed by atoms with Gasteiger partial charge in [0.05, 0.1) is 23.8 Å². The minimum absolute atomic E-state index is 0.188. The van der Waals surface area contributed by atoms with Crippen LogP contribution >= 0.6 is 0 Å². The highest BCUT2D eigenvalue weighted by Gasteiger charge is 2.21. The molecule has 24 heavy (non-hydrogen) atoms. The smallest absolute Gasteiger partial charge is 0.335 e. The molecule has 1 unspecified atom stereocenters. The van der Waals surface area contributed by atoms with Crippen molar-refractivity contribution in [2.75, 3.05) is 0 Å². The second kappa shape index (κ2) is 6.29. The van der Waals surface area contributed by atoms with E-state index in [0.29, 0.717) is 16.8 Å². The zero-order valence-electron chi connectivity index (χ0n) is 13.5. The first-order valence-corrected chi connectivity index (χ1v) is 7.56. The summed E-state index contributed by atoms with van der Waals surface area (Å²) in [7, 11) is 1.79. The van der Waals surface area contributed by atoms with Crippen LogP contribution in [0.1, 0.15) is 33.3 Å². The Hall–Kier alpha value is -2.92. The van der Waals surface area contributed by atoms with Gasteiger partial charge in [0.1, 0.15) is 6.10 Å². The van der Waals surface area contributed by atoms with Gasteiger partial charge in [-0.3, -0.25) is 0 Å². The summed E-state index contributed by atoms with van der Waals surface area (Å²) < 4.78 is 1.72. The molecule has 0 aliphatic carbocycles. The third-order valence-electron chi connectivity index (χ3n) is 4.21. The number of carbonyl (C=O) groups is 1. The Balaban J connectivity index is 2.20. The average Bonchev–Trinajstić information content (AvgIpc) is 3.01. The molecule has 2 N–H and O–H groups in total. The highest BCUT2D eigenvalue weighted by Crippen LogP contribution is 2.31. The topological polar surface area (TPSA) is 75.3 Å². The van der Waals surface area contributed by atoms with Gasteiger partial charge in [-0.1, -0.05) is 30.3 Å². The largest absolute Gasteiger partial charge is 0.478 e. The maximum atomic E-state index is 11.6. The Morgan fingerprint density at radius 2 is 1.88 bits per heavy atom. The summed E-state index contributed by atoms with van der Waals surface area (Å²) in [4.78, 5) is 15.7. The van der Waals surface area contributed by atoms with Gasteiger partial charge in [0.25, 0.3) is 0 Å². The molecular weight excluding hydrogens is 304 g/mol. The summed E-state index contributed by atoms with van der Waals surface area (Å²) in [5.41, 5.74) is 3.58. The molecule has 0 saturated heterocycles. The SMILES string of the molecule is Cc1c(C(=O)O)cc(-c2ccccc2)cc1C(O)c1cncn1C. The van der Waals surface area contributed by atoms with Gasteiger partial charge >= 0.3 is 5.97 Å². The van der Waals surface area contributed by atoms with Gasteiger partial charge in [-0.25, -0.2) is 9.78 Å². The number of aromatic carboxylic acids is 1. The van der Waals surface area contributed by atoms with Gasteiger partial charge in [-0.15, -0.1) is 0 Å². The van der Waals surface area contributed by atoms with Crippen molar-refractivity contribution in [3.63, 3.8) is 0 Å². The van der Waals surface area contributed by atoms with E-state index in [-0.39, 0.29) is 5.56 Å². The molecule has 1 heterocycles. The Labute approximate surface area is 139 Å². The number of aliphatic hydroxyl groups is 1. The van der Waals surface area contributed by atoms with E-state index in [1.165, 1.54) is 0 Å². The molecule has 122 valence electrons. The van der Waals surface area contributed by atoms with Gasteiger partial charge in [-0.05, 0) is 41.3 Å². The standard InChI is InChI=1S/C19H18N2O3/c1-12-15(18(22)17-10-20-11-21(17)2)8-14(9-16(12)19(23)24)13-6-4-3-5-7-13/h3-11,18,22H,1-2H3,(H,23,24). The normalized spacial score (nSPS) is 12.1. The number of hydrogen-bond donors (Lipinski definition) is 2. The van der Waals surface area contributed by atoms with Gasteiger partial charge in [0, 0.05) is 7.05 Å². The fraction of sp³-hybridized carbons (Fsp3) is 0.158. The molecule has 1 atom stereocenters. The second-order valence-corrected chi connectivity index (χ2v) is 5.74. The summed E-state index contributed by atoms with van der Waals surface area (Å²) in [5.74, 6) is -1.01. The molecule has 2 aromatic carbocycles. The molecule has 0 spiro atoms. The van der Waals surface area contributed by atoms with Gasteiger partial charge in [0.2, 0.25) is 0 Å². The highest BCUT2D eigenvalue weighted by molar-refractivity contribution is 5.92. The molecule has 0 bridgehead atoms.